The third kappa shape index (κ3) is 6.36. The van der Waals surface area contributed by atoms with Crippen LogP contribution in [0.5, 0.6) is 0 Å². The number of amides is 2. The molecule has 2 saturated heterocycles. The van der Waals surface area contributed by atoms with Crippen LogP contribution in [0.3, 0.4) is 0 Å². The van der Waals surface area contributed by atoms with Crippen molar-refractivity contribution in [3.05, 3.63) is 70.2 Å². The summed E-state index contributed by atoms with van der Waals surface area (Å²) in [5.41, 5.74) is 2.26. The first-order valence-corrected chi connectivity index (χ1v) is 12.2. The van der Waals surface area contributed by atoms with E-state index in [1.165, 1.54) is 0 Å². The van der Waals surface area contributed by atoms with Crippen molar-refractivity contribution in [2.45, 2.75) is 13.0 Å². The van der Waals surface area contributed by atoms with E-state index in [-0.39, 0.29) is 17.9 Å². The first-order chi connectivity index (χ1) is 16.5. The van der Waals surface area contributed by atoms with Gasteiger partial charge in [0.1, 0.15) is 0 Å². The summed E-state index contributed by atoms with van der Waals surface area (Å²) in [7, 11) is 0. The molecule has 1 atom stereocenters. The molecule has 2 aliphatic heterocycles. The number of ether oxygens (including phenoxy) is 2. The van der Waals surface area contributed by atoms with E-state index < -0.39 is 0 Å². The Morgan fingerprint density at radius 1 is 1.03 bits per heavy atom. The molecule has 0 unspecified atom stereocenters. The van der Waals surface area contributed by atoms with E-state index in [2.05, 4.69) is 4.90 Å². The normalized spacial score (nSPS) is 19.1. The molecule has 2 aromatic rings. The highest BCUT2D eigenvalue weighted by Gasteiger charge is 2.29. The molecule has 34 heavy (non-hydrogen) atoms. The number of halogens is 1. The molecule has 2 fully saturated rings. The van der Waals surface area contributed by atoms with Crippen LogP contribution in [0.1, 0.15) is 26.3 Å². The van der Waals surface area contributed by atoms with Gasteiger partial charge in [0.15, 0.2) is 0 Å². The lowest BCUT2D eigenvalue weighted by Crippen LogP contribution is -2.52. The third-order valence-corrected chi connectivity index (χ3v) is 6.66. The number of hydrogen-bond acceptors (Lipinski definition) is 5. The van der Waals surface area contributed by atoms with Crippen molar-refractivity contribution in [3.63, 3.8) is 0 Å². The molecule has 182 valence electrons. The van der Waals surface area contributed by atoms with Crippen molar-refractivity contribution in [2.24, 2.45) is 0 Å². The monoisotopic (exact) mass is 485 g/mol. The number of aryl methyl sites for hydroxylation is 1. The van der Waals surface area contributed by atoms with Crippen LogP contribution in [-0.4, -0.2) is 98.3 Å². The van der Waals surface area contributed by atoms with Gasteiger partial charge in [-0.1, -0.05) is 41.4 Å². The summed E-state index contributed by atoms with van der Waals surface area (Å²) in [5, 5.41) is 0.442. The summed E-state index contributed by atoms with van der Waals surface area (Å²) >= 11 is 6.25. The molecular formula is C26H32ClN3O4. The Hall–Kier alpha value is -2.45. The van der Waals surface area contributed by atoms with Gasteiger partial charge >= 0.3 is 0 Å². The van der Waals surface area contributed by atoms with Crippen molar-refractivity contribution in [2.75, 3.05) is 65.6 Å². The van der Waals surface area contributed by atoms with Crippen molar-refractivity contribution in [3.8, 4) is 0 Å². The standard InChI is InChI=1S/C26H32ClN3O4/c1-20-6-8-21(9-7-20)25(31)29(11-10-28-12-15-33-16-13-28)18-22-19-30(14-17-34-22)26(32)23-4-2-3-5-24(23)27/h2-9,22H,10-19H2,1H3/t22-/m1/s1. The largest absolute Gasteiger partial charge is 0.379 e. The Balaban J connectivity index is 1.44. The van der Waals surface area contributed by atoms with E-state index in [0.717, 1.165) is 38.4 Å². The van der Waals surface area contributed by atoms with Gasteiger partial charge in [-0.25, -0.2) is 0 Å². The van der Waals surface area contributed by atoms with Gasteiger partial charge in [-0.3, -0.25) is 14.5 Å². The molecule has 2 aliphatic rings. The van der Waals surface area contributed by atoms with Gasteiger partial charge in [-0.2, -0.15) is 0 Å². The van der Waals surface area contributed by atoms with E-state index in [0.29, 0.717) is 48.9 Å². The van der Waals surface area contributed by atoms with Crippen LogP contribution in [0.2, 0.25) is 5.02 Å². The first-order valence-electron chi connectivity index (χ1n) is 11.8. The summed E-state index contributed by atoms with van der Waals surface area (Å²) in [5.74, 6) is -0.130. The second kappa shape index (κ2) is 11.8. The lowest BCUT2D eigenvalue weighted by molar-refractivity contribution is -0.0346. The molecular weight excluding hydrogens is 454 g/mol. The van der Waals surface area contributed by atoms with Gasteiger partial charge in [-0.05, 0) is 31.2 Å². The molecule has 4 rings (SSSR count). The Kier molecular flexibility index (Phi) is 8.56. The first kappa shape index (κ1) is 24.7. The van der Waals surface area contributed by atoms with E-state index >= 15 is 0 Å². The lowest BCUT2D eigenvalue weighted by atomic mass is 10.1. The zero-order valence-corrected chi connectivity index (χ0v) is 20.4. The zero-order valence-electron chi connectivity index (χ0n) is 19.6. The average Bonchev–Trinajstić information content (AvgIpc) is 2.87. The van der Waals surface area contributed by atoms with Gasteiger partial charge in [-0.15, -0.1) is 0 Å². The molecule has 0 spiro atoms. The molecule has 0 radical (unpaired) electrons. The minimum Gasteiger partial charge on any atom is -0.379 e. The zero-order chi connectivity index (χ0) is 23.9. The molecule has 0 N–H and O–H groups in total. The van der Waals surface area contributed by atoms with Crippen molar-refractivity contribution >= 4 is 23.4 Å². The fourth-order valence-corrected chi connectivity index (χ4v) is 4.52. The predicted molar refractivity (Wildman–Crippen MR) is 131 cm³/mol. The van der Waals surface area contributed by atoms with Gasteiger partial charge in [0.25, 0.3) is 11.8 Å². The minimum atomic E-state index is -0.265. The van der Waals surface area contributed by atoms with Gasteiger partial charge in [0.2, 0.25) is 0 Å². The van der Waals surface area contributed by atoms with Crippen molar-refractivity contribution < 1.29 is 19.1 Å². The predicted octanol–water partition coefficient (Wildman–Crippen LogP) is 2.96. The maximum atomic E-state index is 13.4. The number of carbonyl (C=O) groups is 2. The fourth-order valence-electron chi connectivity index (χ4n) is 4.31. The molecule has 2 heterocycles. The third-order valence-electron chi connectivity index (χ3n) is 6.33. The lowest BCUT2D eigenvalue weighted by Gasteiger charge is -2.37. The van der Waals surface area contributed by atoms with Crippen molar-refractivity contribution in [1.82, 2.24) is 14.7 Å². The van der Waals surface area contributed by atoms with Crippen LogP contribution in [0.4, 0.5) is 0 Å². The number of nitrogens with zero attached hydrogens (tertiary/aromatic N) is 3. The highest BCUT2D eigenvalue weighted by molar-refractivity contribution is 6.33. The summed E-state index contributed by atoms with van der Waals surface area (Å²) in [6.07, 6.45) is -0.265. The van der Waals surface area contributed by atoms with E-state index in [9.17, 15) is 9.59 Å². The van der Waals surface area contributed by atoms with Crippen LogP contribution < -0.4 is 0 Å². The van der Waals surface area contributed by atoms with Crippen LogP contribution in [0.25, 0.3) is 0 Å². The van der Waals surface area contributed by atoms with Crippen molar-refractivity contribution in [1.29, 1.82) is 0 Å². The fraction of sp³-hybridized carbons (Fsp3) is 0.462. The smallest absolute Gasteiger partial charge is 0.255 e. The second-order valence-corrected chi connectivity index (χ2v) is 9.20. The van der Waals surface area contributed by atoms with E-state index in [4.69, 9.17) is 21.1 Å². The Morgan fingerprint density at radius 2 is 1.76 bits per heavy atom. The maximum absolute atomic E-state index is 13.4. The molecule has 0 saturated carbocycles. The van der Waals surface area contributed by atoms with Crippen LogP contribution in [0, 0.1) is 6.92 Å². The molecule has 0 aliphatic carbocycles. The average molecular weight is 486 g/mol. The quantitative estimate of drug-likeness (QED) is 0.603. The Morgan fingerprint density at radius 3 is 2.50 bits per heavy atom. The molecule has 7 nitrogen and oxygen atoms in total. The Bertz CT molecular complexity index is 978. The minimum absolute atomic E-state index is 0.0218. The summed E-state index contributed by atoms with van der Waals surface area (Å²) in [6, 6.07) is 14.7. The van der Waals surface area contributed by atoms with E-state index in [1.807, 2.05) is 48.2 Å². The molecule has 0 aromatic heterocycles. The summed E-state index contributed by atoms with van der Waals surface area (Å²) in [4.78, 5) is 32.4. The maximum Gasteiger partial charge on any atom is 0.255 e. The molecule has 8 heteroatoms. The molecule has 2 amide bonds. The van der Waals surface area contributed by atoms with Gasteiger partial charge in [0, 0.05) is 51.4 Å². The van der Waals surface area contributed by atoms with Crippen LogP contribution in [-0.2, 0) is 9.47 Å². The van der Waals surface area contributed by atoms with E-state index in [1.54, 1.807) is 17.0 Å². The second-order valence-electron chi connectivity index (χ2n) is 8.80. The number of hydrogen-bond donors (Lipinski definition) is 0. The van der Waals surface area contributed by atoms with Gasteiger partial charge in [0.05, 0.1) is 36.5 Å². The topological polar surface area (TPSA) is 62.3 Å². The van der Waals surface area contributed by atoms with Crippen LogP contribution in [0.15, 0.2) is 48.5 Å². The van der Waals surface area contributed by atoms with Crippen LogP contribution >= 0.6 is 11.6 Å². The number of rotatable bonds is 7. The number of morpholine rings is 2. The highest BCUT2D eigenvalue weighted by atomic mass is 35.5. The summed E-state index contributed by atoms with van der Waals surface area (Å²) < 4.78 is 11.4. The SMILES string of the molecule is Cc1ccc(C(=O)N(CCN2CCOCC2)C[C@@H]2CN(C(=O)c3ccccc3Cl)CCO2)cc1. The molecule has 2 aromatic carbocycles. The van der Waals surface area contributed by atoms with Gasteiger partial charge < -0.3 is 19.3 Å². The Labute approximate surface area is 206 Å². The highest BCUT2D eigenvalue weighted by Crippen LogP contribution is 2.19. The number of carbonyl (C=O) groups excluding carboxylic acids is 2. The molecule has 0 bridgehead atoms. The summed E-state index contributed by atoms with van der Waals surface area (Å²) in [6.45, 7) is 8.30. The number of benzene rings is 2.